The highest BCUT2D eigenvalue weighted by Crippen LogP contribution is 2.35. The Kier molecular flexibility index (Phi) is 2.97. The molecule has 2 nitrogen and oxygen atoms in total. The van der Waals surface area contributed by atoms with Gasteiger partial charge in [0.15, 0.2) is 0 Å². The fraction of sp³-hybridized carbons (Fsp3) is 0.176. The van der Waals surface area contributed by atoms with E-state index in [-0.39, 0.29) is 11.7 Å². The zero-order valence-electron chi connectivity index (χ0n) is 11.4. The summed E-state index contributed by atoms with van der Waals surface area (Å²) >= 11 is 0. The van der Waals surface area contributed by atoms with E-state index in [1.165, 1.54) is 6.07 Å². The zero-order valence-corrected chi connectivity index (χ0v) is 11.4. The summed E-state index contributed by atoms with van der Waals surface area (Å²) in [6.07, 6.45) is 0. The van der Waals surface area contributed by atoms with Crippen LogP contribution < -0.4 is 0 Å². The first-order valence-electron chi connectivity index (χ1n) is 6.57. The lowest BCUT2D eigenvalue weighted by Crippen LogP contribution is -1.94. The van der Waals surface area contributed by atoms with Crippen molar-refractivity contribution in [1.29, 1.82) is 0 Å². The minimum atomic E-state index is -0.407. The maximum atomic E-state index is 14.1. The molecule has 1 heterocycles. The number of aromatic hydroxyl groups is 1. The molecule has 3 heteroatoms. The normalized spacial score (nSPS) is 11.4. The van der Waals surface area contributed by atoms with Crippen LogP contribution in [0.5, 0.6) is 5.75 Å². The fourth-order valence-electron chi connectivity index (χ4n) is 2.44. The van der Waals surface area contributed by atoms with E-state index in [2.05, 4.69) is 0 Å². The number of hydrogen-bond donors (Lipinski definition) is 1. The summed E-state index contributed by atoms with van der Waals surface area (Å²) in [5.74, 6) is 0.0429. The third-order valence-electron chi connectivity index (χ3n) is 3.40. The van der Waals surface area contributed by atoms with Crippen LogP contribution in [0, 0.1) is 5.82 Å². The molecule has 1 aromatic heterocycles. The number of benzene rings is 2. The molecule has 0 unspecified atom stereocenters. The van der Waals surface area contributed by atoms with Crippen molar-refractivity contribution in [2.75, 3.05) is 0 Å². The molecule has 0 spiro atoms. The molecular weight excluding hydrogens is 255 g/mol. The van der Waals surface area contributed by atoms with E-state index in [1.54, 1.807) is 6.07 Å². The monoisotopic (exact) mass is 270 g/mol. The first kappa shape index (κ1) is 12.7. The minimum Gasteiger partial charge on any atom is -0.508 e. The van der Waals surface area contributed by atoms with E-state index in [0.717, 1.165) is 11.0 Å². The fourth-order valence-corrected chi connectivity index (χ4v) is 2.44. The lowest BCUT2D eigenvalue weighted by atomic mass is 9.98. The Hall–Kier alpha value is -2.29. The third-order valence-corrected chi connectivity index (χ3v) is 3.40. The summed E-state index contributed by atoms with van der Waals surface area (Å²) in [6.45, 7) is 3.69. The molecule has 0 fully saturated rings. The molecule has 2 aromatic carbocycles. The molecule has 0 atom stereocenters. The van der Waals surface area contributed by atoms with E-state index in [0.29, 0.717) is 16.9 Å². The van der Waals surface area contributed by atoms with E-state index >= 15 is 0 Å². The van der Waals surface area contributed by atoms with Crippen LogP contribution in [0.25, 0.3) is 22.3 Å². The maximum absolute atomic E-state index is 14.1. The van der Waals surface area contributed by atoms with Gasteiger partial charge in [0.2, 0.25) is 0 Å². The molecule has 0 amide bonds. The molecular formula is C17H15FO2. The van der Waals surface area contributed by atoms with Crippen molar-refractivity contribution in [3.63, 3.8) is 0 Å². The van der Waals surface area contributed by atoms with Crippen molar-refractivity contribution in [2.24, 2.45) is 0 Å². The highest BCUT2D eigenvalue weighted by Gasteiger charge is 2.16. The molecule has 3 aromatic rings. The van der Waals surface area contributed by atoms with Crippen LogP contribution in [-0.4, -0.2) is 5.11 Å². The van der Waals surface area contributed by atoms with Gasteiger partial charge in [-0.25, -0.2) is 4.39 Å². The largest absolute Gasteiger partial charge is 0.508 e. The van der Waals surface area contributed by atoms with Gasteiger partial charge >= 0.3 is 0 Å². The lowest BCUT2D eigenvalue weighted by Gasteiger charge is -2.10. The van der Waals surface area contributed by atoms with Crippen molar-refractivity contribution in [1.82, 2.24) is 0 Å². The number of hydrogen-bond acceptors (Lipinski definition) is 2. The average molecular weight is 270 g/mol. The summed E-state index contributed by atoms with van der Waals surface area (Å²) in [5, 5.41) is 11.0. The number of furan rings is 1. The van der Waals surface area contributed by atoms with Crippen LogP contribution >= 0.6 is 0 Å². The predicted octanol–water partition coefficient (Wildman–Crippen LogP) is 5.07. The summed E-state index contributed by atoms with van der Waals surface area (Å²) in [5.41, 5.74) is 1.63. The van der Waals surface area contributed by atoms with Gasteiger partial charge in [-0.15, -0.1) is 0 Å². The summed E-state index contributed by atoms with van der Waals surface area (Å²) in [7, 11) is 0. The van der Waals surface area contributed by atoms with Crippen molar-refractivity contribution >= 4 is 11.0 Å². The topological polar surface area (TPSA) is 33.4 Å². The number of halogens is 1. The molecule has 0 aliphatic heterocycles. The Balaban J connectivity index is 2.15. The second-order valence-corrected chi connectivity index (χ2v) is 5.19. The molecule has 0 radical (unpaired) electrons. The second-order valence-electron chi connectivity index (χ2n) is 5.19. The standard InChI is InChI=1S/C17H15FO2/c1-10(2)17-13(18)7-12(8-14(17)19)16-9-11-5-3-4-6-15(11)20-16/h3-10,19H,1-2H3. The zero-order chi connectivity index (χ0) is 14.3. The molecule has 102 valence electrons. The van der Waals surface area contributed by atoms with Crippen molar-refractivity contribution in [3.8, 4) is 17.1 Å². The predicted molar refractivity (Wildman–Crippen MR) is 77.4 cm³/mol. The molecule has 0 saturated carbocycles. The molecule has 0 bridgehead atoms. The van der Waals surface area contributed by atoms with Crippen LogP contribution in [-0.2, 0) is 0 Å². The molecule has 0 saturated heterocycles. The van der Waals surface area contributed by atoms with E-state index in [9.17, 15) is 9.50 Å². The van der Waals surface area contributed by atoms with Crippen LogP contribution in [0.3, 0.4) is 0 Å². The Morgan fingerprint density at radius 1 is 1.10 bits per heavy atom. The van der Waals surface area contributed by atoms with Gasteiger partial charge in [0.05, 0.1) is 0 Å². The molecule has 20 heavy (non-hydrogen) atoms. The quantitative estimate of drug-likeness (QED) is 0.705. The van der Waals surface area contributed by atoms with E-state index in [4.69, 9.17) is 4.42 Å². The van der Waals surface area contributed by atoms with Gasteiger partial charge < -0.3 is 9.52 Å². The number of rotatable bonds is 2. The first-order valence-corrected chi connectivity index (χ1v) is 6.57. The Morgan fingerprint density at radius 3 is 2.50 bits per heavy atom. The smallest absolute Gasteiger partial charge is 0.135 e. The number of fused-ring (bicyclic) bond motifs is 1. The molecule has 1 N–H and O–H groups in total. The van der Waals surface area contributed by atoms with Gasteiger partial charge in [-0.3, -0.25) is 0 Å². The number of phenolic OH excluding ortho intramolecular Hbond substituents is 1. The van der Waals surface area contributed by atoms with Gasteiger partial charge in [-0.05, 0) is 30.2 Å². The van der Waals surface area contributed by atoms with Crippen LogP contribution in [0.1, 0.15) is 25.3 Å². The summed E-state index contributed by atoms with van der Waals surface area (Å²) in [4.78, 5) is 0. The third kappa shape index (κ3) is 2.05. The Labute approximate surface area is 116 Å². The van der Waals surface area contributed by atoms with Gasteiger partial charge in [0, 0.05) is 16.5 Å². The first-order chi connectivity index (χ1) is 9.56. The number of para-hydroxylation sites is 1. The van der Waals surface area contributed by atoms with Gasteiger partial charge in [0.1, 0.15) is 22.9 Å². The molecule has 0 aliphatic carbocycles. The highest BCUT2D eigenvalue weighted by molar-refractivity contribution is 5.83. The maximum Gasteiger partial charge on any atom is 0.135 e. The van der Waals surface area contributed by atoms with Crippen LogP contribution in [0.15, 0.2) is 46.9 Å². The number of phenols is 1. The average Bonchev–Trinajstić information content (AvgIpc) is 2.81. The van der Waals surface area contributed by atoms with Crippen LogP contribution in [0.2, 0.25) is 0 Å². The van der Waals surface area contributed by atoms with E-state index in [1.807, 2.05) is 44.2 Å². The summed E-state index contributed by atoms with van der Waals surface area (Å²) in [6, 6.07) is 12.4. The highest BCUT2D eigenvalue weighted by atomic mass is 19.1. The summed E-state index contributed by atoms with van der Waals surface area (Å²) < 4.78 is 19.8. The lowest BCUT2D eigenvalue weighted by molar-refractivity contribution is 0.454. The van der Waals surface area contributed by atoms with E-state index < -0.39 is 5.82 Å². The SMILES string of the molecule is CC(C)c1c(O)cc(-c2cc3ccccc3o2)cc1F. The van der Waals surface area contributed by atoms with Crippen molar-refractivity contribution in [2.45, 2.75) is 19.8 Å². The second kappa shape index (κ2) is 4.67. The van der Waals surface area contributed by atoms with Crippen molar-refractivity contribution in [3.05, 3.63) is 53.8 Å². The molecule has 3 rings (SSSR count). The Morgan fingerprint density at radius 2 is 1.85 bits per heavy atom. The van der Waals surface area contributed by atoms with Gasteiger partial charge in [-0.2, -0.15) is 0 Å². The Bertz CT molecular complexity index is 716. The van der Waals surface area contributed by atoms with Gasteiger partial charge in [0.25, 0.3) is 0 Å². The van der Waals surface area contributed by atoms with Gasteiger partial charge in [-0.1, -0.05) is 32.0 Å². The van der Waals surface area contributed by atoms with Crippen LogP contribution in [0.4, 0.5) is 4.39 Å². The minimum absolute atomic E-state index is 0.0320. The van der Waals surface area contributed by atoms with Crippen molar-refractivity contribution < 1.29 is 13.9 Å². The molecule has 0 aliphatic rings.